The number of anilines is 1. The van der Waals surface area contributed by atoms with Gasteiger partial charge in [0.25, 0.3) is 11.5 Å². The fraction of sp³-hybridized carbons (Fsp3) is 0.357. The summed E-state index contributed by atoms with van der Waals surface area (Å²) >= 11 is 0. The molecule has 0 unspecified atom stereocenters. The van der Waals surface area contributed by atoms with Gasteiger partial charge in [-0.1, -0.05) is 44.2 Å². The van der Waals surface area contributed by atoms with Crippen molar-refractivity contribution in [3.63, 3.8) is 0 Å². The Balaban J connectivity index is 1.60. The highest BCUT2D eigenvalue weighted by atomic mass is 16.4. The van der Waals surface area contributed by atoms with Crippen molar-refractivity contribution in [2.75, 3.05) is 11.9 Å². The molecule has 0 radical (unpaired) electrons. The minimum atomic E-state index is -1.14. The highest BCUT2D eigenvalue weighted by Gasteiger charge is 2.10. The zero-order valence-corrected chi connectivity index (χ0v) is 20.5. The highest BCUT2D eigenvalue weighted by molar-refractivity contribution is 6.04. The molecule has 0 atom stereocenters. The zero-order chi connectivity index (χ0) is 25.8. The molecule has 36 heavy (non-hydrogen) atoms. The first-order chi connectivity index (χ1) is 17.5. The number of nitrogens with two attached hydrogens (primary N) is 1. The van der Waals surface area contributed by atoms with Gasteiger partial charge in [0.15, 0.2) is 0 Å². The standard InChI is InChI=1S/C28H34N4O4/c29-14-7-5-3-1-2-4-6-9-21-15-24(18-30-17-21)22-10-8-11-23(16-22)28(36)31-25-12-13-26(33)32(19-25)20-27(34)35/h8,10-13,15-19H,1-7,9,14,20,29H2,(H,31,36)(H,34,35). The Bertz CT molecular complexity index is 1220. The van der Waals surface area contributed by atoms with Crippen LogP contribution in [0.25, 0.3) is 11.1 Å². The van der Waals surface area contributed by atoms with Crippen LogP contribution in [0.1, 0.15) is 60.9 Å². The number of carboxylic acids is 1. The van der Waals surface area contributed by atoms with Crippen molar-refractivity contribution in [3.05, 3.63) is 82.5 Å². The average molecular weight is 491 g/mol. The summed E-state index contributed by atoms with van der Waals surface area (Å²) in [7, 11) is 0. The predicted octanol–water partition coefficient (Wildman–Crippen LogP) is 4.48. The van der Waals surface area contributed by atoms with Crippen LogP contribution in [0.2, 0.25) is 0 Å². The number of nitrogens with zero attached hydrogens (tertiary/aromatic N) is 2. The number of hydrogen-bond donors (Lipinski definition) is 3. The number of amides is 1. The van der Waals surface area contributed by atoms with E-state index in [1.807, 2.05) is 18.3 Å². The van der Waals surface area contributed by atoms with Crippen LogP contribution in [0, 0.1) is 0 Å². The lowest BCUT2D eigenvalue weighted by molar-refractivity contribution is -0.137. The van der Waals surface area contributed by atoms with E-state index in [2.05, 4.69) is 16.4 Å². The normalized spacial score (nSPS) is 10.8. The molecule has 0 bridgehead atoms. The van der Waals surface area contributed by atoms with E-state index in [0.29, 0.717) is 11.3 Å². The van der Waals surface area contributed by atoms with Crippen LogP contribution in [0.4, 0.5) is 5.69 Å². The number of hydrogen-bond acceptors (Lipinski definition) is 5. The Hall–Kier alpha value is -3.78. The van der Waals surface area contributed by atoms with Crippen molar-refractivity contribution in [1.29, 1.82) is 0 Å². The molecule has 0 aliphatic heterocycles. The zero-order valence-electron chi connectivity index (χ0n) is 20.5. The molecule has 8 nitrogen and oxygen atoms in total. The molecule has 0 spiro atoms. The van der Waals surface area contributed by atoms with Gasteiger partial charge in [0.05, 0.1) is 5.69 Å². The molecule has 1 aromatic carbocycles. The van der Waals surface area contributed by atoms with E-state index >= 15 is 0 Å². The third kappa shape index (κ3) is 8.46. The van der Waals surface area contributed by atoms with E-state index in [0.717, 1.165) is 41.5 Å². The number of aromatic nitrogens is 2. The number of unbranched alkanes of at least 4 members (excludes halogenated alkanes) is 6. The Morgan fingerprint density at radius 1 is 0.917 bits per heavy atom. The van der Waals surface area contributed by atoms with Crippen molar-refractivity contribution in [2.24, 2.45) is 5.73 Å². The van der Waals surface area contributed by atoms with Gasteiger partial charge in [-0.25, -0.2) is 0 Å². The molecule has 1 amide bonds. The number of rotatable bonds is 14. The molecular weight excluding hydrogens is 456 g/mol. The molecule has 8 heteroatoms. The molecule has 2 heterocycles. The predicted molar refractivity (Wildman–Crippen MR) is 141 cm³/mol. The molecule has 2 aromatic heterocycles. The molecule has 0 aliphatic rings. The molecule has 3 aromatic rings. The van der Waals surface area contributed by atoms with E-state index in [1.165, 1.54) is 56.0 Å². The van der Waals surface area contributed by atoms with Crippen molar-refractivity contribution in [2.45, 2.75) is 57.9 Å². The molecule has 0 saturated heterocycles. The Labute approximate surface area is 211 Å². The van der Waals surface area contributed by atoms with Crippen LogP contribution in [-0.2, 0) is 17.8 Å². The van der Waals surface area contributed by atoms with Crippen LogP contribution >= 0.6 is 0 Å². The first-order valence-electron chi connectivity index (χ1n) is 12.4. The Kier molecular flexibility index (Phi) is 10.4. The summed E-state index contributed by atoms with van der Waals surface area (Å²) in [5.41, 5.74) is 8.87. The van der Waals surface area contributed by atoms with E-state index in [4.69, 9.17) is 10.8 Å². The third-order valence-electron chi connectivity index (χ3n) is 5.97. The van der Waals surface area contributed by atoms with Gasteiger partial charge < -0.3 is 20.7 Å². The molecule has 0 saturated carbocycles. The van der Waals surface area contributed by atoms with Crippen LogP contribution in [-0.4, -0.2) is 33.1 Å². The monoisotopic (exact) mass is 490 g/mol. The van der Waals surface area contributed by atoms with E-state index in [1.54, 1.807) is 18.3 Å². The molecule has 0 aliphatic carbocycles. The minimum absolute atomic E-state index is 0.342. The lowest BCUT2D eigenvalue weighted by Gasteiger charge is -2.10. The maximum Gasteiger partial charge on any atom is 0.323 e. The fourth-order valence-corrected chi connectivity index (χ4v) is 4.06. The number of nitrogens with one attached hydrogen (secondary N) is 1. The number of carbonyl (C=O) groups excluding carboxylic acids is 1. The van der Waals surface area contributed by atoms with Gasteiger partial charge in [0, 0.05) is 35.8 Å². The van der Waals surface area contributed by atoms with Crippen molar-refractivity contribution >= 4 is 17.6 Å². The first-order valence-corrected chi connectivity index (χ1v) is 12.4. The lowest BCUT2D eigenvalue weighted by atomic mass is 10.0. The van der Waals surface area contributed by atoms with Crippen molar-refractivity contribution < 1.29 is 14.7 Å². The quantitative estimate of drug-likeness (QED) is 0.286. The number of pyridine rings is 2. The minimum Gasteiger partial charge on any atom is -0.480 e. The lowest BCUT2D eigenvalue weighted by Crippen LogP contribution is -2.24. The Morgan fingerprint density at radius 2 is 1.67 bits per heavy atom. The van der Waals surface area contributed by atoms with Gasteiger partial charge in [-0.05, 0) is 61.2 Å². The summed E-state index contributed by atoms with van der Waals surface area (Å²) in [6.07, 6.45) is 14.4. The smallest absolute Gasteiger partial charge is 0.323 e. The molecule has 4 N–H and O–H groups in total. The van der Waals surface area contributed by atoms with Gasteiger partial charge in [0.1, 0.15) is 6.54 Å². The number of benzene rings is 1. The number of aliphatic carboxylic acids is 1. The molecular formula is C28H34N4O4. The maximum absolute atomic E-state index is 12.8. The second kappa shape index (κ2) is 13.9. The van der Waals surface area contributed by atoms with Gasteiger partial charge in [-0.15, -0.1) is 0 Å². The van der Waals surface area contributed by atoms with Crippen molar-refractivity contribution in [1.82, 2.24) is 9.55 Å². The summed E-state index contributed by atoms with van der Waals surface area (Å²) < 4.78 is 1.04. The number of carbonyl (C=O) groups is 2. The van der Waals surface area contributed by atoms with Crippen LogP contribution < -0.4 is 16.6 Å². The highest BCUT2D eigenvalue weighted by Crippen LogP contribution is 2.22. The molecule has 3 rings (SSSR count). The summed E-state index contributed by atoms with van der Waals surface area (Å²) in [6.45, 7) is 0.304. The van der Waals surface area contributed by atoms with E-state index < -0.39 is 18.1 Å². The van der Waals surface area contributed by atoms with E-state index in [-0.39, 0.29) is 5.91 Å². The van der Waals surface area contributed by atoms with Crippen LogP contribution in [0.5, 0.6) is 0 Å². The fourth-order valence-electron chi connectivity index (χ4n) is 4.06. The van der Waals surface area contributed by atoms with Gasteiger partial charge >= 0.3 is 5.97 Å². The SMILES string of the molecule is NCCCCCCCCCc1cncc(-c2cccc(C(=O)Nc3ccc(=O)n(CC(=O)O)c3)c2)c1. The first kappa shape index (κ1) is 26.8. The average Bonchev–Trinajstić information content (AvgIpc) is 2.87. The second-order valence-electron chi connectivity index (χ2n) is 8.91. The van der Waals surface area contributed by atoms with Gasteiger partial charge in [-0.2, -0.15) is 0 Å². The van der Waals surface area contributed by atoms with Gasteiger partial charge in [-0.3, -0.25) is 19.4 Å². The summed E-state index contributed by atoms with van der Waals surface area (Å²) in [4.78, 5) is 40.0. The van der Waals surface area contributed by atoms with E-state index in [9.17, 15) is 14.4 Å². The summed E-state index contributed by atoms with van der Waals surface area (Å²) in [5, 5.41) is 11.7. The molecule has 190 valence electrons. The topological polar surface area (TPSA) is 127 Å². The maximum atomic E-state index is 12.8. The van der Waals surface area contributed by atoms with Crippen LogP contribution in [0.15, 0.2) is 65.8 Å². The summed E-state index contributed by atoms with van der Waals surface area (Å²) in [5.74, 6) is -1.49. The third-order valence-corrected chi connectivity index (χ3v) is 5.97. The number of carboxylic acid groups (broad SMARTS) is 1. The largest absolute Gasteiger partial charge is 0.480 e. The van der Waals surface area contributed by atoms with Crippen molar-refractivity contribution in [3.8, 4) is 11.1 Å². The van der Waals surface area contributed by atoms with Crippen LogP contribution in [0.3, 0.4) is 0 Å². The number of aryl methyl sites for hydroxylation is 1. The second-order valence-corrected chi connectivity index (χ2v) is 8.91. The summed E-state index contributed by atoms with van der Waals surface area (Å²) in [6, 6.07) is 12.1. The van der Waals surface area contributed by atoms with Gasteiger partial charge in [0.2, 0.25) is 0 Å². The molecule has 0 fully saturated rings. The Morgan fingerprint density at radius 3 is 2.42 bits per heavy atom.